The fraction of sp³-hybridized carbons (Fsp3) is 0.962. The topological polar surface area (TPSA) is 177 Å². The van der Waals surface area contributed by atoms with Crippen molar-refractivity contribution < 1.29 is 50.0 Å². The molecular weight excluding hydrogens is 472 g/mol. The van der Waals surface area contributed by atoms with E-state index in [1.54, 1.807) is 0 Å². The molecule has 4 saturated carbocycles. The van der Waals surface area contributed by atoms with Crippen LogP contribution in [0.3, 0.4) is 0 Å². The molecule has 7 N–H and O–H groups in total. The fourth-order valence-electron chi connectivity index (χ4n) is 9.35. The lowest BCUT2D eigenvalue weighted by Gasteiger charge is -2.67. The van der Waals surface area contributed by atoms with Crippen molar-refractivity contribution in [3.8, 4) is 0 Å². The number of hydrogen-bond acceptors (Lipinski definition) is 10. The number of aliphatic hydroxyl groups is 7. The predicted octanol–water partition coefficient (Wildman–Crippen LogP) is -0.419. The highest BCUT2D eigenvalue weighted by molar-refractivity contribution is 5.77. The van der Waals surface area contributed by atoms with E-state index in [1.807, 2.05) is 13.8 Å². The monoisotopic (exact) mass is 514 g/mol. The van der Waals surface area contributed by atoms with Gasteiger partial charge in [0.1, 0.15) is 24.4 Å². The van der Waals surface area contributed by atoms with Crippen LogP contribution in [0, 0.1) is 28.1 Å². The highest BCUT2D eigenvalue weighted by atomic mass is 16.7. The lowest BCUT2D eigenvalue weighted by Crippen LogP contribution is -2.69. The molecule has 10 nitrogen and oxygen atoms in total. The van der Waals surface area contributed by atoms with Crippen molar-refractivity contribution in [2.24, 2.45) is 28.1 Å². The molecule has 1 saturated heterocycles. The Kier molecular flexibility index (Phi) is 6.37. The first-order valence-corrected chi connectivity index (χ1v) is 13.4. The number of carbonyl (C=O) groups is 1. The maximum absolute atomic E-state index is 13.7. The highest BCUT2D eigenvalue weighted by Gasteiger charge is 2.75. The van der Waals surface area contributed by atoms with Gasteiger partial charge in [-0.2, -0.15) is 0 Å². The maximum Gasteiger partial charge on any atom is 0.314 e. The molecule has 5 aliphatic rings. The van der Waals surface area contributed by atoms with E-state index in [0.29, 0.717) is 51.4 Å². The summed E-state index contributed by atoms with van der Waals surface area (Å²) in [4.78, 5) is 13.7. The summed E-state index contributed by atoms with van der Waals surface area (Å²) in [6, 6.07) is 0. The molecule has 1 aliphatic heterocycles. The molecule has 1 spiro atoms. The maximum atomic E-state index is 13.7. The Morgan fingerprint density at radius 1 is 0.972 bits per heavy atom. The number of carbonyl (C=O) groups excluding carboxylic acids is 1. The number of rotatable bonds is 4. The van der Waals surface area contributed by atoms with Crippen LogP contribution in [0.15, 0.2) is 0 Å². The second-order valence-electron chi connectivity index (χ2n) is 12.9. The average Bonchev–Trinajstić information content (AvgIpc) is 3.09. The largest absolute Gasteiger partial charge is 0.432 e. The summed E-state index contributed by atoms with van der Waals surface area (Å²) >= 11 is 0. The Morgan fingerprint density at radius 2 is 1.69 bits per heavy atom. The number of aliphatic hydroxyl groups excluding tert-OH is 5. The van der Waals surface area contributed by atoms with Gasteiger partial charge in [-0.1, -0.05) is 13.3 Å². The fourth-order valence-corrected chi connectivity index (χ4v) is 9.35. The van der Waals surface area contributed by atoms with E-state index in [4.69, 9.17) is 9.47 Å². The summed E-state index contributed by atoms with van der Waals surface area (Å²) in [7, 11) is 0. The van der Waals surface area contributed by atoms with Crippen LogP contribution in [0.5, 0.6) is 0 Å². The lowest BCUT2D eigenvalue weighted by molar-refractivity contribution is -0.301. The van der Waals surface area contributed by atoms with Gasteiger partial charge in [-0.25, -0.2) is 0 Å². The minimum atomic E-state index is -1.67. The van der Waals surface area contributed by atoms with Crippen LogP contribution < -0.4 is 0 Å². The van der Waals surface area contributed by atoms with Crippen LogP contribution >= 0.6 is 0 Å². The van der Waals surface area contributed by atoms with Crippen LogP contribution in [-0.2, 0) is 14.3 Å². The van der Waals surface area contributed by atoms with E-state index >= 15 is 0 Å². The second-order valence-corrected chi connectivity index (χ2v) is 12.9. The summed E-state index contributed by atoms with van der Waals surface area (Å²) in [5.74, 6) is -0.880. The van der Waals surface area contributed by atoms with Gasteiger partial charge in [0.15, 0.2) is 0 Å². The van der Waals surface area contributed by atoms with Crippen LogP contribution in [-0.4, -0.2) is 96.8 Å². The number of ether oxygens (including phenoxy) is 2. The van der Waals surface area contributed by atoms with Crippen LogP contribution in [0.25, 0.3) is 0 Å². The molecule has 2 bridgehead atoms. The minimum absolute atomic E-state index is 0.0472. The summed E-state index contributed by atoms with van der Waals surface area (Å²) in [6.07, 6.45) is -2.24. The zero-order chi connectivity index (χ0) is 26.3. The van der Waals surface area contributed by atoms with E-state index in [9.17, 15) is 40.5 Å². The van der Waals surface area contributed by atoms with Crippen molar-refractivity contribution in [2.45, 2.75) is 114 Å². The van der Waals surface area contributed by atoms with E-state index in [2.05, 4.69) is 0 Å². The molecular formula is C26H42O10. The number of hydrogen-bond donors (Lipinski definition) is 7. The molecule has 0 amide bonds. The lowest BCUT2D eigenvalue weighted by atomic mass is 9.39. The van der Waals surface area contributed by atoms with Crippen LogP contribution in [0.1, 0.15) is 71.6 Å². The van der Waals surface area contributed by atoms with Crippen molar-refractivity contribution in [3.05, 3.63) is 0 Å². The Balaban J connectivity index is 1.42. The molecule has 12 unspecified atom stereocenters. The zero-order valence-electron chi connectivity index (χ0n) is 21.2. The zero-order valence-corrected chi connectivity index (χ0v) is 21.2. The Bertz CT molecular complexity index is 883. The second kappa shape index (κ2) is 8.58. The molecule has 36 heavy (non-hydrogen) atoms. The summed E-state index contributed by atoms with van der Waals surface area (Å²) < 4.78 is 11.0. The van der Waals surface area contributed by atoms with Gasteiger partial charge in [-0.05, 0) is 70.1 Å². The Hall–Kier alpha value is -0.850. The number of fused-ring (bicyclic) bond motifs is 3. The number of esters is 1. The molecule has 0 aromatic carbocycles. The van der Waals surface area contributed by atoms with Crippen LogP contribution in [0.4, 0.5) is 0 Å². The summed E-state index contributed by atoms with van der Waals surface area (Å²) in [5.41, 5.74) is -4.43. The molecule has 0 aromatic heterocycles. The van der Waals surface area contributed by atoms with Crippen molar-refractivity contribution in [3.63, 3.8) is 0 Å². The predicted molar refractivity (Wildman–Crippen MR) is 124 cm³/mol. The Morgan fingerprint density at radius 3 is 2.36 bits per heavy atom. The standard InChI is InChI=1S/C26H42O10/c1-22(21(32)36-20-19(31)18(30)17(29)15(11-27)35-20)6-3-7-23(2)16(22)5-8-24-10-14(4-9-26(23,24)34)25(33,12-24)13-28/h14-20,27-31,33-34H,3-13H2,1-2H3. The van der Waals surface area contributed by atoms with E-state index in [-0.39, 0.29) is 18.4 Å². The Labute approximate surface area is 211 Å². The van der Waals surface area contributed by atoms with Crippen molar-refractivity contribution in [1.82, 2.24) is 0 Å². The van der Waals surface area contributed by atoms with Gasteiger partial charge in [0, 0.05) is 10.8 Å². The SMILES string of the molecule is CC1(C(=O)OC2OC(CO)C(O)C(O)C2O)CCCC2(C)C1CCC13CC(CCC12O)C(O)(CO)C3. The smallest absolute Gasteiger partial charge is 0.314 e. The first-order valence-electron chi connectivity index (χ1n) is 13.4. The third-order valence-electron chi connectivity index (χ3n) is 11.4. The molecule has 206 valence electrons. The average molecular weight is 515 g/mol. The molecule has 1 heterocycles. The van der Waals surface area contributed by atoms with Crippen molar-refractivity contribution >= 4 is 5.97 Å². The van der Waals surface area contributed by atoms with Gasteiger partial charge in [-0.3, -0.25) is 4.79 Å². The van der Waals surface area contributed by atoms with Crippen molar-refractivity contribution in [1.29, 1.82) is 0 Å². The van der Waals surface area contributed by atoms with E-state index < -0.39 is 70.7 Å². The van der Waals surface area contributed by atoms with Gasteiger partial charge in [0.2, 0.25) is 6.29 Å². The van der Waals surface area contributed by atoms with Gasteiger partial charge in [0.25, 0.3) is 0 Å². The van der Waals surface area contributed by atoms with Gasteiger partial charge in [-0.15, -0.1) is 0 Å². The third-order valence-corrected chi connectivity index (χ3v) is 11.4. The molecule has 5 rings (SSSR count). The van der Waals surface area contributed by atoms with Crippen molar-refractivity contribution in [2.75, 3.05) is 13.2 Å². The highest BCUT2D eigenvalue weighted by Crippen LogP contribution is 2.74. The quantitative estimate of drug-likeness (QED) is 0.244. The molecule has 0 radical (unpaired) electrons. The van der Waals surface area contributed by atoms with E-state index in [1.165, 1.54) is 0 Å². The minimum Gasteiger partial charge on any atom is -0.432 e. The van der Waals surface area contributed by atoms with Gasteiger partial charge >= 0.3 is 5.97 Å². The third kappa shape index (κ3) is 3.35. The summed E-state index contributed by atoms with van der Waals surface area (Å²) in [5, 5.41) is 73.6. The van der Waals surface area contributed by atoms with E-state index in [0.717, 1.165) is 6.42 Å². The van der Waals surface area contributed by atoms with Gasteiger partial charge in [0.05, 0.1) is 29.8 Å². The molecule has 5 fully saturated rings. The first-order chi connectivity index (χ1) is 16.8. The molecule has 10 heteroatoms. The molecule has 4 aliphatic carbocycles. The summed E-state index contributed by atoms with van der Waals surface area (Å²) in [6.45, 7) is 2.94. The van der Waals surface area contributed by atoms with Crippen LogP contribution in [0.2, 0.25) is 0 Å². The molecule has 0 aromatic rings. The normalized spacial score (nSPS) is 56.5. The van der Waals surface area contributed by atoms with Gasteiger partial charge < -0.3 is 45.2 Å². The first kappa shape index (κ1) is 26.7. The molecule has 12 atom stereocenters.